The fraction of sp³-hybridized carbons (Fsp3) is 0.133. The number of halogens is 2. The average Bonchev–Trinajstić information content (AvgIpc) is 2.40. The molecule has 20 heavy (non-hydrogen) atoms. The van der Waals surface area contributed by atoms with E-state index < -0.39 is 11.8 Å². The normalized spacial score (nSPS) is 10.3. The summed E-state index contributed by atoms with van der Waals surface area (Å²) >= 11 is 3.33. The molecule has 0 spiro atoms. The molecule has 2 rings (SSSR count). The highest BCUT2D eigenvalue weighted by molar-refractivity contribution is 9.10. The minimum absolute atomic E-state index is 0.0750. The molecule has 0 fully saturated rings. The molecule has 5 heteroatoms. The third-order valence-corrected chi connectivity index (χ3v) is 3.25. The van der Waals surface area contributed by atoms with E-state index in [1.54, 1.807) is 6.92 Å². The lowest BCUT2D eigenvalue weighted by Gasteiger charge is -2.08. The second kappa shape index (κ2) is 6.05. The van der Waals surface area contributed by atoms with Gasteiger partial charge in [-0.2, -0.15) is 0 Å². The number of aryl methyl sites for hydroxylation is 1. The monoisotopic (exact) mass is 337 g/mol. The standard InChI is InChI=1S/C15H13BrFNO2/c1-9-5-12(18)7-13(14(9)17)15(19)20-8-10-3-2-4-11(16)6-10/h2-7H,8,18H2,1H3. The Morgan fingerprint density at radius 2 is 2.10 bits per heavy atom. The molecule has 2 aromatic rings. The van der Waals surface area contributed by atoms with E-state index in [4.69, 9.17) is 10.5 Å². The topological polar surface area (TPSA) is 52.3 Å². The van der Waals surface area contributed by atoms with Gasteiger partial charge in [0.25, 0.3) is 0 Å². The minimum atomic E-state index is -0.724. The van der Waals surface area contributed by atoms with Gasteiger partial charge in [-0.25, -0.2) is 9.18 Å². The van der Waals surface area contributed by atoms with Crippen LogP contribution in [0.2, 0.25) is 0 Å². The molecule has 0 aliphatic carbocycles. The van der Waals surface area contributed by atoms with E-state index in [9.17, 15) is 9.18 Å². The van der Waals surface area contributed by atoms with Gasteiger partial charge in [-0.15, -0.1) is 0 Å². The van der Waals surface area contributed by atoms with E-state index in [1.165, 1.54) is 12.1 Å². The number of carbonyl (C=O) groups excluding carboxylic acids is 1. The lowest BCUT2D eigenvalue weighted by atomic mass is 10.1. The molecule has 2 aromatic carbocycles. The molecule has 0 aromatic heterocycles. The maximum Gasteiger partial charge on any atom is 0.341 e. The number of benzene rings is 2. The predicted octanol–water partition coefficient (Wildman–Crippen LogP) is 3.84. The SMILES string of the molecule is Cc1cc(N)cc(C(=O)OCc2cccc(Br)c2)c1F. The van der Waals surface area contributed by atoms with Crippen molar-refractivity contribution in [1.82, 2.24) is 0 Å². The fourth-order valence-electron chi connectivity index (χ4n) is 1.80. The zero-order valence-corrected chi connectivity index (χ0v) is 12.4. The summed E-state index contributed by atoms with van der Waals surface area (Å²) in [5.74, 6) is -1.32. The van der Waals surface area contributed by atoms with Gasteiger partial charge in [0.05, 0.1) is 5.56 Å². The molecular formula is C15H13BrFNO2. The van der Waals surface area contributed by atoms with Gasteiger partial charge in [-0.3, -0.25) is 0 Å². The Balaban J connectivity index is 2.13. The van der Waals surface area contributed by atoms with Crippen molar-refractivity contribution >= 4 is 27.6 Å². The third kappa shape index (κ3) is 3.36. The molecule has 0 amide bonds. The molecule has 3 nitrogen and oxygen atoms in total. The van der Waals surface area contributed by atoms with Gasteiger partial charge in [-0.05, 0) is 42.3 Å². The van der Waals surface area contributed by atoms with Crippen molar-refractivity contribution in [3.8, 4) is 0 Å². The molecule has 0 saturated carbocycles. The smallest absolute Gasteiger partial charge is 0.341 e. The van der Waals surface area contributed by atoms with Crippen LogP contribution in [0.25, 0.3) is 0 Å². The molecular weight excluding hydrogens is 325 g/mol. The molecule has 104 valence electrons. The van der Waals surface area contributed by atoms with Crippen LogP contribution in [0.3, 0.4) is 0 Å². The molecule has 0 bridgehead atoms. The molecule has 0 atom stereocenters. The fourth-order valence-corrected chi connectivity index (χ4v) is 2.25. The van der Waals surface area contributed by atoms with Crippen LogP contribution in [0.1, 0.15) is 21.5 Å². The van der Waals surface area contributed by atoms with E-state index in [0.717, 1.165) is 10.0 Å². The maximum atomic E-state index is 13.9. The Labute approximate surface area is 124 Å². The Hall–Kier alpha value is -1.88. The number of hydrogen-bond donors (Lipinski definition) is 1. The number of nitrogens with two attached hydrogens (primary N) is 1. The van der Waals surface area contributed by atoms with Crippen LogP contribution in [0.15, 0.2) is 40.9 Å². The van der Waals surface area contributed by atoms with E-state index in [2.05, 4.69) is 15.9 Å². The number of nitrogen functional groups attached to an aromatic ring is 1. The number of hydrogen-bond acceptors (Lipinski definition) is 3. The first-order chi connectivity index (χ1) is 9.47. The van der Waals surface area contributed by atoms with Gasteiger partial charge in [0.2, 0.25) is 0 Å². The second-order valence-corrected chi connectivity index (χ2v) is 5.32. The summed E-state index contributed by atoms with van der Waals surface area (Å²) in [6.45, 7) is 1.63. The molecule has 0 aliphatic heterocycles. The van der Waals surface area contributed by atoms with Gasteiger partial charge < -0.3 is 10.5 Å². The van der Waals surface area contributed by atoms with E-state index in [-0.39, 0.29) is 12.2 Å². The lowest BCUT2D eigenvalue weighted by molar-refractivity contribution is 0.0467. The largest absolute Gasteiger partial charge is 0.457 e. The second-order valence-electron chi connectivity index (χ2n) is 4.41. The molecule has 0 radical (unpaired) electrons. The van der Waals surface area contributed by atoms with Crippen LogP contribution in [0, 0.1) is 12.7 Å². The van der Waals surface area contributed by atoms with Crippen LogP contribution in [-0.4, -0.2) is 5.97 Å². The highest BCUT2D eigenvalue weighted by Gasteiger charge is 2.16. The zero-order valence-electron chi connectivity index (χ0n) is 10.8. The first-order valence-corrected chi connectivity index (χ1v) is 6.74. The molecule has 0 heterocycles. The Kier molecular flexibility index (Phi) is 4.39. The van der Waals surface area contributed by atoms with E-state index >= 15 is 0 Å². The third-order valence-electron chi connectivity index (χ3n) is 2.76. The number of carbonyl (C=O) groups is 1. The van der Waals surface area contributed by atoms with Gasteiger partial charge in [-0.1, -0.05) is 28.1 Å². The summed E-state index contributed by atoms with van der Waals surface area (Å²) in [6.07, 6.45) is 0. The maximum absolute atomic E-state index is 13.9. The Bertz CT molecular complexity index is 658. The van der Waals surface area contributed by atoms with Crippen molar-refractivity contribution in [3.63, 3.8) is 0 Å². The number of anilines is 1. The van der Waals surface area contributed by atoms with Crippen LogP contribution >= 0.6 is 15.9 Å². The average molecular weight is 338 g/mol. The minimum Gasteiger partial charge on any atom is -0.457 e. The Morgan fingerprint density at radius 3 is 2.80 bits per heavy atom. The first-order valence-electron chi connectivity index (χ1n) is 5.94. The van der Waals surface area contributed by atoms with Crippen molar-refractivity contribution in [3.05, 3.63) is 63.4 Å². The lowest BCUT2D eigenvalue weighted by Crippen LogP contribution is -2.09. The zero-order chi connectivity index (χ0) is 14.7. The quantitative estimate of drug-likeness (QED) is 0.683. The summed E-state index contributed by atoms with van der Waals surface area (Å²) in [5, 5.41) is 0. The van der Waals surface area contributed by atoms with Gasteiger partial charge in [0, 0.05) is 10.2 Å². The number of rotatable bonds is 3. The summed E-state index contributed by atoms with van der Waals surface area (Å²) in [5.41, 5.74) is 6.94. The van der Waals surface area contributed by atoms with Crippen LogP contribution < -0.4 is 5.73 Å². The summed E-state index contributed by atoms with van der Waals surface area (Å²) in [4.78, 5) is 11.9. The van der Waals surface area contributed by atoms with Crippen LogP contribution in [0.5, 0.6) is 0 Å². The first kappa shape index (κ1) is 14.5. The highest BCUT2D eigenvalue weighted by Crippen LogP contribution is 2.19. The molecule has 0 aliphatic rings. The summed E-state index contributed by atoms with van der Waals surface area (Å²) in [6, 6.07) is 10.1. The summed E-state index contributed by atoms with van der Waals surface area (Å²) in [7, 11) is 0. The van der Waals surface area contributed by atoms with E-state index in [1.807, 2.05) is 24.3 Å². The molecule has 2 N–H and O–H groups in total. The number of esters is 1. The van der Waals surface area contributed by atoms with Crippen molar-refractivity contribution in [2.75, 3.05) is 5.73 Å². The van der Waals surface area contributed by atoms with Crippen LogP contribution in [-0.2, 0) is 11.3 Å². The highest BCUT2D eigenvalue weighted by atomic mass is 79.9. The van der Waals surface area contributed by atoms with Crippen molar-refractivity contribution < 1.29 is 13.9 Å². The van der Waals surface area contributed by atoms with Crippen molar-refractivity contribution in [2.45, 2.75) is 13.5 Å². The molecule has 0 saturated heterocycles. The van der Waals surface area contributed by atoms with E-state index in [0.29, 0.717) is 11.3 Å². The van der Waals surface area contributed by atoms with Gasteiger partial charge in [0.1, 0.15) is 12.4 Å². The van der Waals surface area contributed by atoms with Gasteiger partial charge >= 0.3 is 5.97 Å². The van der Waals surface area contributed by atoms with Crippen molar-refractivity contribution in [1.29, 1.82) is 0 Å². The summed E-state index contributed by atoms with van der Waals surface area (Å²) < 4.78 is 19.8. The Morgan fingerprint density at radius 1 is 1.35 bits per heavy atom. The number of ether oxygens (including phenoxy) is 1. The van der Waals surface area contributed by atoms with Crippen LogP contribution in [0.4, 0.5) is 10.1 Å². The van der Waals surface area contributed by atoms with Gasteiger partial charge in [0.15, 0.2) is 0 Å². The van der Waals surface area contributed by atoms with Crippen molar-refractivity contribution in [2.24, 2.45) is 0 Å². The predicted molar refractivity (Wildman–Crippen MR) is 78.8 cm³/mol. The molecule has 0 unspecified atom stereocenters.